The van der Waals surface area contributed by atoms with Crippen molar-refractivity contribution in [3.8, 4) is 11.3 Å². The van der Waals surface area contributed by atoms with E-state index in [4.69, 9.17) is 0 Å². The monoisotopic (exact) mass is 329 g/mol. The van der Waals surface area contributed by atoms with Gasteiger partial charge in [0, 0.05) is 16.2 Å². The van der Waals surface area contributed by atoms with Crippen LogP contribution in [-0.2, 0) is 0 Å². The maximum Gasteiger partial charge on any atom is 0.138 e. The molecule has 1 heterocycles. The lowest BCUT2D eigenvalue weighted by atomic mass is 10.1. The van der Waals surface area contributed by atoms with Gasteiger partial charge in [0.1, 0.15) is 5.82 Å². The van der Waals surface area contributed by atoms with Gasteiger partial charge in [0.15, 0.2) is 0 Å². The Bertz CT molecular complexity index is 482. The molecule has 1 nitrogen and oxygen atoms in total. The molecule has 0 radical (unpaired) electrons. The van der Waals surface area contributed by atoms with Crippen LogP contribution >= 0.6 is 31.9 Å². The van der Waals surface area contributed by atoms with Gasteiger partial charge in [0.05, 0.1) is 10.2 Å². The zero-order chi connectivity index (χ0) is 10.8. The molecule has 76 valence electrons. The van der Waals surface area contributed by atoms with E-state index in [9.17, 15) is 4.39 Å². The zero-order valence-corrected chi connectivity index (χ0v) is 10.7. The SMILES string of the molecule is Fc1cc(-c2ccc(Br)cn2)ccc1Br. The summed E-state index contributed by atoms with van der Waals surface area (Å²) in [5.41, 5.74) is 1.52. The summed E-state index contributed by atoms with van der Waals surface area (Å²) in [5, 5.41) is 0. The van der Waals surface area contributed by atoms with Crippen molar-refractivity contribution in [1.29, 1.82) is 0 Å². The van der Waals surface area contributed by atoms with Gasteiger partial charge in [-0.3, -0.25) is 4.98 Å². The Labute approximate surface area is 104 Å². The summed E-state index contributed by atoms with van der Waals surface area (Å²) in [6, 6.07) is 8.67. The van der Waals surface area contributed by atoms with Crippen molar-refractivity contribution in [2.45, 2.75) is 0 Å². The van der Waals surface area contributed by atoms with Crippen LogP contribution in [0.3, 0.4) is 0 Å². The van der Waals surface area contributed by atoms with Crippen molar-refractivity contribution in [3.63, 3.8) is 0 Å². The number of hydrogen-bond acceptors (Lipinski definition) is 1. The molecule has 15 heavy (non-hydrogen) atoms. The third kappa shape index (κ3) is 2.44. The maximum atomic E-state index is 13.3. The number of benzene rings is 1. The van der Waals surface area contributed by atoms with Gasteiger partial charge in [-0.15, -0.1) is 0 Å². The largest absolute Gasteiger partial charge is 0.255 e. The van der Waals surface area contributed by atoms with Crippen LogP contribution in [0.15, 0.2) is 45.5 Å². The van der Waals surface area contributed by atoms with Crippen LogP contribution in [0, 0.1) is 5.82 Å². The second kappa shape index (κ2) is 4.41. The number of pyridine rings is 1. The van der Waals surface area contributed by atoms with Crippen molar-refractivity contribution < 1.29 is 4.39 Å². The van der Waals surface area contributed by atoms with E-state index < -0.39 is 0 Å². The summed E-state index contributed by atoms with van der Waals surface area (Å²) in [6.45, 7) is 0. The third-order valence-electron chi connectivity index (χ3n) is 1.94. The minimum atomic E-state index is -0.280. The normalized spacial score (nSPS) is 10.3. The lowest BCUT2D eigenvalue weighted by molar-refractivity contribution is 0.621. The highest BCUT2D eigenvalue weighted by Gasteiger charge is 2.03. The molecule has 0 atom stereocenters. The lowest BCUT2D eigenvalue weighted by Crippen LogP contribution is -1.85. The molecular weight excluding hydrogens is 325 g/mol. The van der Waals surface area contributed by atoms with Crippen LogP contribution < -0.4 is 0 Å². The molecule has 0 saturated carbocycles. The fourth-order valence-electron chi connectivity index (χ4n) is 1.20. The molecule has 1 aromatic heterocycles. The van der Waals surface area contributed by atoms with E-state index in [1.165, 1.54) is 6.07 Å². The fraction of sp³-hybridized carbons (Fsp3) is 0. The standard InChI is InChI=1S/C11H6Br2FN/c12-8-2-4-11(15-6-8)7-1-3-9(13)10(14)5-7/h1-6H. The van der Waals surface area contributed by atoms with E-state index in [2.05, 4.69) is 36.8 Å². The molecule has 0 spiro atoms. The van der Waals surface area contributed by atoms with Crippen molar-refractivity contribution in [1.82, 2.24) is 4.98 Å². The van der Waals surface area contributed by atoms with E-state index in [0.29, 0.717) is 4.47 Å². The van der Waals surface area contributed by atoms with Gasteiger partial charge in [-0.2, -0.15) is 0 Å². The highest BCUT2D eigenvalue weighted by atomic mass is 79.9. The predicted octanol–water partition coefficient (Wildman–Crippen LogP) is 4.41. The van der Waals surface area contributed by atoms with Crippen LogP contribution in [-0.4, -0.2) is 4.98 Å². The Hall–Kier alpha value is -0.740. The first-order chi connectivity index (χ1) is 7.16. The molecule has 0 saturated heterocycles. The molecule has 2 aromatic rings. The molecule has 0 aliphatic carbocycles. The smallest absolute Gasteiger partial charge is 0.138 e. The Kier molecular flexibility index (Phi) is 3.17. The number of rotatable bonds is 1. The number of hydrogen-bond donors (Lipinski definition) is 0. The molecule has 0 aliphatic heterocycles. The summed E-state index contributed by atoms with van der Waals surface area (Å²) in [6.07, 6.45) is 1.69. The van der Waals surface area contributed by atoms with Gasteiger partial charge < -0.3 is 0 Å². The average molecular weight is 331 g/mol. The summed E-state index contributed by atoms with van der Waals surface area (Å²) >= 11 is 6.41. The van der Waals surface area contributed by atoms with E-state index in [0.717, 1.165) is 15.7 Å². The van der Waals surface area contributed by atoms with Crippen molar-refractivity contribution in [2.24, 2.45) is 0 Å². The van der Waals surface area contributed by atoms with Crippen LogP contribution in [0.25, 0.3) is 11.3 Å². The first-order valence-corrected chi connectivity index (χ1v) is 5.82. The number of halogens is 3. The first-order valence-electron chi connectivity index (χ1n) is 4.24. The summed E-state index contributed by atoms with van der Waals surface area (Å²) in [7, 11) is 0. The Morgan fingerprint density at radius 3 is 2.47 bits per heavy atom. The van der Waals surface area contributed by atoms with Gasteiger partial charge in [-0.25, -0.2) is 4.39 Å². The van der Waals surface area contributed by atoms with Gasteiger partial charge in [-0.1, -0.05) is 6.07 Å². The minimum Gasteiger partial charge on any atom is -0.255 e. The van der Waals surface area contributed by atoms with Crippen molar-refractivity contribution in [2.75, 3.05) is 0 Å². The fourth-order valence-corrected chi connectivity index (χ4v) is 1.68. The van der Waals surface area contributed by atoms with Gasteiger partial charge >= 0.3 is 0 Å². The Morgan fingerprint density at radius 1 is 1.07 bits per heavy atom. The van der Waals surface area contributed by atoms with Crippen molar-refractivity contribution >= 4 is 31.9 Å². The molecule has 0 aliphatic rings. The molecule has 2 rings (SSSR count). The highest BCUT2D eigenvalue weighted by Crippen LogP contribution is 2.23. The van der Waals surface area contributed by atoms with Crippen LogP contribution in [0.1, 0.15) is 0 Å². The maximum absolute atomic E-state index is 13.3. The topological polar surface area (TPSA) is 12.9 Å². The molecular formula is C11H6Br2FN. The van der Waals surface area contributed by atoms with E-state index in [-0.39, 0.29) is 5.82 Å². The Morgan fingerprint density at radius 2 is 1.87 bits per heavy atom. The average Bonchev–Trinajstić information content (AvgIpc) is 2.23. The summed E-state index contributed by atoms with van der Waals surface area (Å²) < 4.78 is 14.6. The van der Waals surface area contributed by atoms with Gasteiger partial charge in [0.2, 0.25) is 0 Å². The van der Waals surface area contributed by atoms with E-state index in [1.807, 2.05) is 18.2 Å². The second-order valence-electron chi connectivity index (χ2n) is 2.99. The molecule has 0 amide bonds. The van der Waals surface area contributed by atoms with Crippen LogP contribution in [0.2, 0.25) is 0 Å². The molecule has 0 N–H and O–H groups in total. The zero-order valence-electron chi connectivity index (χ0n) is 7.55. The third-order valence-corrected chi connectivity index (χ3v) is 3.05. The van der Waals surface area contributed by atoms with E-state index in [1.54, 1.807) is 12.3 Å². The minimum absolute atomic E-state index is 0.280. The quantitative estimate of drug-likeness (QED) is 0.754. The number of nitrogens with zero attached hydrogens (tertiary/aromatic N) is 1. The Balaban J connectivity index is 2.45. The molecule has 1 aromatic carbocycles. The molecule has 0 unspecified atom stereocenters. The van der Waals surface area contributed by atoms with Gasteiger partial charge in [-0.05, 0) is 56.1 Å². The summed E-state index contributed by atoms with van der Waals surface area (Å²) in [4.78, 5) is 4.19. The molecule has 0 bridgehead atoms. The van der Waals surface area contributed by atoms with Crippen LogP contribution in [0.5, 0.6) is 0 Å². The second-order valence-corrected chi connectivity index (χ2v) is 4.76. The lowest BCUT2D eigenvalue weighted by Gasteiger charge is -2.01. The van der Waals surface area contributed by atoms with E-state index >= 15 is 0 Å². The van der Waals surface area contributed by atoms with Crippen LogP contribution in [0.4, 0.5) is 4.39 Å². The van der Waals surface area contributed by atoms with Crippen molar-refractivity contribution in [3.05, 3.63) is 51.3 Å². The van der Waals surface area contributed by atoms with Gasteiger partial charge in [0.25, 0.3) is 0 Å². The molecule has 0 fully saturated rings. The molecule has 4 heteroatoms. The summed E-state index contributed by atoms with van der Waals surface area (Å²) in [5.74, 6) is -0.280. The predicted molar refractivity (Wildman–Crippen MR) is 65.0 cm³/mol. The first kappa shape index (κ1) is 10.8. The number of aromatic nitrogens is 1. The highest BCUT2D eigenvalue weighted by molar-refractivity contribution is 9.10.